The molecule has 0 aliphatic heterocycles. The van der Waals surface area contributed by atoms with Gasteiger partial charge in [0.2, 0.25) is 0 Å². The van der Waals surface area contributed by atoms with Crippen molar-refractivity contribution >= 4 is 24.5 Å². The number of carbonyl (C=O) groups excluding carboxylic acids is 1. The first-order valence-electron chi connectivity index (χ1n) is 8.70. The molecule has 0 atom stereocenters. The van der Waals surface area contributed by atoms with Crippen molar-refractivity contribution in [1.29, 1.82) is 0 Å². The first-order valence-corrected chi connectivity index (χ1v) is 10.0. The average molecular weight is 366 g/mol. The lowest BCUT2D eigenvalue weighted by Gasteiger charge is -2.22. The fraction of sp³-hybridized carbons (Fsp3) is 0.174. The van der Waals surface area contributed by atoms with Gasteiger partial charge in [-0.2, -0.15) is 0 Å². The van der Waals surface area contributed by atoms with Crippen LogP contribution in [-0.4, -0.2) is 13.1 Å². The van der Waals surface area contributed by atoms with E-state index in [-0.39, 0.29) is 5.97 Å². The number of hydrogen-bond donors (Lipinski definition) is 0. The van der Waals surface area contributed by atoms with Crippen molar-refractivity contribution < 1.29 is 9.53 Å². The lowest BCUT2D eigenvalue weighted by molar-refractivity contribution is -0.135. The minimum atomic E-state index is -0.894. The van der Waals surface area contributed by atoms with E-state index in [9.17, 15) is 4.79 Å². The molecule has 0 fully saturated rings. The van der Waals surface area contributed by atoms with Gasteiger partial charge in [-0.15, -0.1) is 0 Å². The van der Waals surface area contributed by atoms with Gasteiger partial charge in [-0.1, -0.05) is 99.3 Å². The molecule has 2 aromatic rings. The Hall–Kier alpha value is -2.44. The molecule has 0 saturated heterocycles. The van der Waals surface area contributed by atoms with Crippen molar-refractivity contribution in [3.8, 4) is 0 Å². The van der Waals surface area contributed by atoms with Crippen LogP contribution >= 0.6 is 7.92 Å². The van der Waals surface area contributed by atoms with Crippen molar-refractivity contribution in [3.63, 3.8) is 0 Å². The molecule has 0 saturated carbocycles. The summed E-state index contributed by atoms with van der Waals surface area (Å²) in [5.74, 6) is -0.345. The highest BCUT2D eigenvalue weighted by Crippen LogP contribution is 2.45. The topological polar surface area (TPSA) is 26.3 Å². The summed E-state index contributed by atoms with van der Waals surface area (Å²) in [5.41, 5.74) is 0.550. The number of carbonyl (C=O) groups is 1. The fourth-order valence-electron chi connectivity index (χ4n) is 2.44. The first kappa shape index (κ1) is 21.6. The molecule has 0 bridgehead atoms. The maximum Gasteiger partial charge on any atom is 0.338 e. The molecule has 0 heterocycles. The first-order chi connectivity index (χ1) is 12.7. The van der Waals surface area contributed by atoms with Gasteiger partial charge >= 0.3 is 5.97 Å². The van der Waals surface area contributed by atoms with Gasteiger partial charge in [0.15, 0.2) is 0 Å². The maximum atomic E-state index is 12.3. The lowest BCUT2D eigenvalue weighted by Crippen LogP contribution is -2.15. The molecular weight excluding hydrogens is 339 g/mol. The number of rotatable bonds is 6. The number of hydrogen-bond acceptors (Lipinski definition) is 2. The summed E-state index contributed by atoms with van der Waals surface area (Å²) in [6.07, 6.45) is 5.42. The second-order valence-corrected chi connectivity index (χ2v) is 7.19. The van der Waals surface area contributed by atoms with Crippen molar-refractivity contribution in [2.45, 2.75) is 20.8 Å². The Morgan fingerprint density at radius 1 is 0.962 bits per heavy atom. The van der Waals surface area contributed by atoms with Gasteiger partial charge in [0.1, 0.15) is 0 Å². The summed E-state index contributed by atoms with van der Waals surface area (Å²) >= 11 is 0. The molecule has 0 aliphatic carbocycles. The number of allylic oxidation sites excluding steroid dienone is 3. The van der Waals surface area contributed by atoms with Gasteiger partial charge in [0, 0.05) is 0 Å². The Morgan fingerprint density at radius 3 is 1.77 bits per heavy atom. The zero-order valence-electron chi connectivity index (χ0n) is 16.0. The zero-order chi connectivity index (χ0) is 19.4. The van der Waals surface area contributed by atoms with Crippen molar-refractivity contribution in [3.05, 3.63) is 96.4 Å². The number of benzene rings is 2. The van der Waals surface area contributed by atoms with Gasteiger partial charge in [0.25, 0.3) is 0 Å². The van der Waals surface area contributed by atoms with Crippen LogP contribution in [0, 0.1) is 0 Å². The van der Waals surface area contributed by atoms with Crippen molar-refractivity contribution in [2.75, 3.05) is 7.11 Å². The van der Waals surface area contributed by atoms with Gasteiger partial charge in [-0.25, -0.2) is 4.79 Å². The van der Waals surface area contributed by atoms with Crippen LogP contribution in [0.4, 0.5) is 0 Å². The monoisotopic (exact) mass is 366 g/mol. The summed E-state index contributed by atoms with van der Waals surface area (Å²) in [5, 5.41) is 3.23. The van der Waals surface area contributed by atoms with Gasteiger partial charge < -0.3 is 4.74 Å². The second kappa shape index (κ2) is 12.0. The van der Waals surface area contributed by atoms with Gasteiger partial charge in [-0.3, -0.25) is 0 Å². The third kappa shape index (κ3) is 5.54. The third-order valence-corrected chi connectivity index (χ3v) is 6.01. The highest BCUT2D eigenvalue weighted by atomic mass is 31.1. The predicted octanol–water partition coefficient (Wildman–Crippen LogP) is 5.33. The van der Waals surface area contributed by atoms with Crippen LogP contribution in [0.1, 0.15) is 20.8 Å². The molecule has 0 amide bonds. The van der Waals surface area contributed by atoms with Crippen LogP contribution in [0.2, 0.25) is 0 Å². The molecule has 2 nitrogen and oxygen atoms in total. The minimum absolute atomic E-state index is 0.345. The Morgan fingerprint density at radius 2 is 1.42 bits per heavy atom. The van der Waals surface area contributed by atoms with E-state index in [1.807, 2.05) is 63.2 Å². The molecule has 0 radical (unpaired) electrons. The quantitative estimate of drug-likeness (QED) is 0.299. The lowest BCUT2D eigenvalue weighted by atomic mass is 10.2. The van der Waals surface area contributed by atoms with Crippen LogP contribution in [-0.2, 0) is 9.53 Å². The van der Waals surface area contributed by atoms with E-state index >= 15 is 0 Å². The molecule has 0 aliphatic rings. The van der Waals surface area contributed by atoms with Crippen molar-refractivity contribution in [1.82, 2.24) is 0 Å². The number of esters is 1. The molecule has 0 N–H and O–H groups in total. The van der Waals surface area contributed by atoms with Crippen LogP contribution in [0.25, 0.3) is 0 Å². The van der Waals surface area contributed by atoms with Crippen LogP contribution in [0.3, 0.4) is 0 Å². The van der Waals surface area contributed by atoms with Crippen molar-refractivity contribution in [2.24, 2.45) is 0 Å². The van der Waals surface area contributed by atoms with E-state index in [0.717, 1.165) is 5.31 Å². The highest BCUT2D eigenvalue weighted by molar-refractivity contribution is 7.77. The summed E-state index contributed by atoms with van der Waals surface area (Å²) in [7, 11) is 0.509. The maximum absolute atomic E-state index is 12.3. The molecular formula is C23H27O2P. The van der Waals surface area contributed by atoms with E-state index in [4.69, 9.17) is 4.74 Å². The molecule has 3 heteroatoms. The van der Waals surface area contributed by atoms with E-state index in [1.54, 1.807) is 12.2 Å². The Balaban J connectivity index is 0.00000163. The largest absolute Gasteiger partial charge is 0.465 e. The summed E-state index contributed by atoms with van der Waals surface area (Å²) in [6, 6.07) is 20.4. The average Bonchev–Trinajstić information content (AvgIpc) is 2.72. The number of methoxy groups -OCH3 is 1. The Bertz CT molecular complexity index is 707. The highest BCUT2D eigenvalue weighted by Gasteiger charge is 2.22. The molecule has 2 aromatic carbocycles. The Kier molecular flexibility index (Phi) is 9.97. The van der Waals surface area contributed by atoms with E-state index in [0.29, 0.717) is 5.57 Å². The molecule has 136 valence electrons. The fourth-order valence-corrected chi connectivity index (χ4v) is 4.82. The molecule has 0 spiro atoms. The molecule has 2 rings (SSSR count). The van der Waals surface area contributed by atoms with E-state index in [2.05, 4.69) is 30.8 Å². The summed E-state index contributed by atoms with van der Waals surface area (Å²) in [6.45, 7) is 9.86. The zero-order valence-corrected chi connectivity index (χ0v) is 16.9. The summed E-state index contributed by atoms with van der Waals surface area (Å²) in [4.78, 5) is 12.3. The smallest absolute Gasteiger partial charge is 0.338 e. The van der Waals surface area contributed by atoms with Crippen LogP contribution < -0.4 is 10.6 Å². The Labute approximate surface area is 158 Å². The van der Waals surface area contributed by atoms with E-state index < -0.39 is 7.92 Å². The van der Waals surface area contributed by atoms with Gasteiger partial charge in [-0.05, 0) is 30.8 Å². The van der Waals surface area contributed by atoms with Crippen LogP contribution in [0.15, 0.2) is 96.4 Å². The predicted molar refractivity (Wildman–Crippen MR) is 114 cm³/mol. The molecule has 0 aromatic heterocycles. The second-order valence-electron chi connectivity index (χ2n) is 5.00. The normalized spacial score (nSPS) is 11.4. The standard InChI is InChI=1S/C21H21O2P.C2H6/c1-4-12-19(21(22)23-3)20(5-2)24(17-13-8-6-9-14-17)18-15-10-7-11-16-18;1-2/h4-16H,2H2,1,3H3;1-2H3/b12-4-,20-19-;. The van der Waals surface area contributed by atoms with E-state index in [1.165, 1.54) is 17.7 Å². The van der Waals surface area contributed by atoms with Crippen LogP contribution in [0.5, 0.6) is 0 Å². The third-order valence-electron chi connectivity index (χ3n) is 3.48. The summed E-state index contributed by atoms with van der Waals surface area (Å²) < 4.78 is 4.98. The molecule has 0 unspecified atom stereocenters. The van der Waals surface area contributed by atoms with Gasteiger partial charge in [0.05, 0.1) is 12.7 Å². The SMILES string of the molecule is C=C/C(=C(\C=C/C)C(=O)OC)P(c1ccccc1)c1ccccc1.CC. The number of ether oxygens (including phenoxy) is 1. The minimum Gasteiger partial charge on any atom is -0.465 e. The molecule has 26 heavy (non-hydrogen) atoms.